The first-order valence-corrected chi connectivity index (χ1v) is 12.4. The number of halogens is 3. The first-order valence-electron chi connectivity index (χ1n) is 12.4. The molecule has 2 fully saturated rings. The summed E-state index contributed by atoms with van der Waals surface area (Å²) in [5.41, 5.74) is 8.42. The first kappa shape index (κ1) is 24.4. The molecule has 38 heavy (non-hydrogen) atoms. The molecule has 1 aromatic carbocycles. The Morgan fingerprint density at radius 2 is 1.76 bits per heavy atom. The summed E-state index contributed by atoms with van der Waals surface area (Å²) in [4.78, 5) is 23.4. The second-order valence-electron chi connectivity index (χ2n) is 10.6. The molecule has 7 nitrogen and oxygen atoms in total. The molecule has 1 unspecified atom stereocenters. The number of hydrogen-bond acceptors (Lipinski definition) is 5. The number of likely N-dealkylation sites (tertiary alicyclic amines) is 1. The molecule has 6 rings (SSSR count). The van der Waals surface area contributed by atoms with Crippen molar-refractivity contribution < 1.29 is 22.7 Å². The van der Waals surface area contributed by atoms with E-state index in [2.05, 4.69) is 9.97 Å². The SMILES string of the molecule is CC(C)(N)c1cc(OC2[C@H]3CN(C(=O)c4ccc5nc(C(F)F)cn5c4)C[C@@H]23)nc(-c2ccc(F)cc2)c1. The van der Waals surface area contributed by atoms with Gasteiger partial charge in [0.1, 0.15) is 23.3 Å². The molecule has 4 aromatic rings. The summed E-state index contributed by atoms with van der Waals surface area (Å²) in [7, 11) is 0. The van der Waals surface area contributed by atoms with Crippen molar-refractivity contribution in [3.63, 3.8) is 0 Å². The predicted molar refractivity (Wildman–Crippen MR) is 134 cm³/mol. The summed E-state index contributed by atoms with van der Waals surface area (Å²) in [6.07, 6.45) is 0.0321. The van der Waals surface area contributed by atoms with Gasteiger partial charge in [0.05, 0.1) is 11.3 Å². The maximum Gasteiger partial charge on any atom is 0.281 e. The average molecular weight is 522 g/mol. The van der Waals surface area contributed by atoms with Crippen LogP contribution in [0.4, 0.5) is 13.2 Å². The van der Waals surface area contributed by atoms with Gasteiger partial charge in [0, 0.05) is 54.5 Å². The Balaban J connectivity index is 1.16. The highest BCUT2D eigenvalue weighted by Gasteiger charge is 2.59. The van der Waals surface area contributed by atoms with Crippen LogP contribution in [0, 0.1) is 17.7 Å². The molecule has 3 aromatic heterocycles. The average Bonchev–Trinajstić information content (AvgIpc) is 3.23. The zero-order valence-corrected chi connectivity index (χ0v) is 20.8. The molecule has 1 saturated heterocycles. The van der Waals surface area contributed by atoms with Gasteiger partial charge in [0.15, 0.2) is 0 Å². The van der Waals surface area contributed by atoms with Crippen molar-refractivity contribution in [2.75, 3.05) is 13.1 Å². The molecule has 2 aliphatic rings. The molecule has 0 radical (unpaired) electrons. The van der Waals surface area contributed by atoms with Crippen LogP contribution in [0.1, 0.15) is 41.9 Å². The van der Waals surface area contributed by atoms with E-state index in [0.29, 0.717) is 35.9 Å². The number of rotatable bonds is 6. The fourth-order valence-electron chi connectivity index (χ4n) is 5.08. The number of amides is 1. The maximum absolute atomic E-state index is 13.4. The number of hydrogen-bond donors (Lipinski definition) is 1. The van der Waals surface area contributed by atoms with Gasteiger partial charge in [-0.3, -0.25) is 4.79 Å². The van der Waals surface area contributed by atoms with Crippen molar-refractivity contribution in [1.82, 2.24) is 19.3 Å². The van der Waals surface area contributed by atoms with Crippen molar-refractivity contribution in [3.05, 3.63) is 83.6 Å². The van der Waals surface area contributed by atoms with E-state index >= 15 is 0 Å². The van der Waals surface area contributed by atoms with Crippen LogP contribution in [0.5, 0.6) is 5.88 Å². The zero-order valence-electron chi connectivity index (χ0n) is 20.8. The summed E-state index contributed by atoms with van der Waals surface area (Å²) < 4.78 is 47.1. The molecule has 2 N–H and O–H groups in total. The van der Waals surface area contributed by atoms with Gasteiger partial charge in [-0.05, 0) is 61.9 Å². The van der Waals surface area contributed by atoms with Crippen LogP contribution in [-0.2, 0) is 5.54 Å². The Morgan fingerprint density at radius 3 is 2.42 bits per heavy atom. The fraction of sp³-hybridized carbons (Fsp3) is 0.321. The van der Waals surface area contributed by atoms with Crippen molar-refractivity contribution in [2.45, 2.75) is 31.9 Å². The maximum atomic E-state index is 13.4. The number of aromatic nitrogens is 3. The second-order valence-corrected chi connectivity index (χ2v) is 10.6. The highest BCUT2D eigenvalue weighted by atomic mass is 19.3. The molecule has 1 saturated carbocycles. The van der Waals surface area contributed by atoms with E-state index < -0.39 is 12.0 Å². The fourth-order valence-corrected chi connectivity index (χ4v) is 5.08. The van der Waals surface area contributed by atoms with Gasteiger partial charge >= 0.3 is 0 Å². The molecule has 1 amide bonds. The van der Waals surface area contributed by atoms with Crippen molar-refractivity contribution in [3.8, 4) is 17.1 Å². The molecule has 0 spiro atoms. The van der Waals surface area contributed by atoms with Crippen LogP contribution < -0.4 is 10.5 Å². The number of alkyl halides is 2. The standard InChI is InChI=1S/C28H26F3N5O2/c1-28(2,32)17-9-21(15-3-6-18(29)7-4-15)34-24(10-17)38-25-19-12-36(13-20(19)25)27(37)16-5-8-23-33-22(26(30)31)14-35(23)11-16/h3-11,14,19-20,25-26H,12-13,32H2,1-2H3/t19-,20+,25?. The molecule has 0 bridgehead atoms. The van der Waals surface area contributed by atoms with E-state index in [9.17, 15) is 18.0 Å². The number of piperidine rings is 1. The van der Waals surface area contributed by atoms with E-state index in [-0.39, 0.29) is 35.4 Å². The van der Waals surface area contributed by atoms with Crippen LogP contribution in [0.15, 0.2) is 60.9 Å². The number of pyridine rings is 2. The quantitative estimate of drug-likeness (QED) is 0.393. The molecular formula is C28H26F3N5O2. The van der Waals surface area contributed by atoms with E-state index in [4.69, 9.17) is 10.5 Å². The second kappa shape index (κ2) is 8.83. The van der Waals surface area contributed by atoms with Gasteiger partial charge < -0.3 is 19.8 Å². The number of ether oxygens (including phenoxy) is 1. The number of carbonyl (C=O) groups excluding carboxylic acids is 1. The third-order valence-corrected chi connectivity index (χ3v) is 7.29. The lowest BCUT2D eigenvalue weighted by Crippen LogP contribution is -2.33. The minimum atomic E-state index is -2.67. The van der Waals surface area contributed by atoms with E-state index in [0.717, 1.165) is 11.1 Å². The lowest BCUT2D eigenvalue weighted by atomic mass is 9.95. The van der Waals surface area contributed by atoms with Crippen LogP contribution in [-0.4, -0.2) is 44.4 Å². The van der Waals surface area contributed by atoms with Gasteiger partial charge in [-0.2, -0.15) is 0 Å². The Morgan fingerprint density at radius 1 is 1.05 bits per heavy atom. The van der Waals surface area contributed by atoms with Crippen molar-refractivity contribution in [2.24, 2.45) is 17.6 Å². The first-order chi connectivity index (χ1) is 18.1. The third kappa shape index (κ3) is 4.49. The smallest absolute Gasteiger partial charge is 0.281 e. The lowest BCUT2D eigenvalue weighted by Gasteiger charge is -2.22. The summed E-state index contributed by atoms with van der Waals surface area (Å²) in [6, 6.07) is 13.0. The minimum absolute atomic E-state index is 0.0755. The molecule has 10 heteroatoms. The van der Waals surface area contributed by atoms with E-state index in [1.807, 2.05) is 26.0 Å². The van der Waals surface area contributed by atoms with Gasteiger partial charge in [-0.15, -0.1) is 0 Å². The van der Waals surface area contributed by atoms with Crippen LogP contribution in [0.2, 0.25) is 0 Å². The summed E-state index contributed by atoms with van der Waals surface area (Å²) in [6.45, 7) is 4.85. The number of imidazole rings is 1. The highest BCUT2D eigenvalue weighted by molar-refractivity contribution is 5.94. The number of fused-ring (bicyclic) bond motifs is 2. The van der Waals surface area contributed by atoms with Crippen LogP contribution in [0.3, 0.4) is 0 Å². The summed E-state index contributed by atoms with van der Waals surface area (Å²) in [5.74, 6) is 0.305. The number of carbonyl (C=O) groups is 1. The Bertz CT molecular complexity index is 1520. The number of benzene rings is 1. The Kier molecular flexibility index (Phi) is 5.68. The molecule has 1 aliphatic carbocycles. The van der Waals surface area contributed by atoms with Gasteiger partial charge in [0.25, 0.3) is 12.3 Å². The van der Waals surface area contributed by atoms with Gasteiger partial charge in [-0.25, -0.2) is 23.1 Å². The van der Waals surface area contributed by atoms with Gasteiger partial charge in [-0.1, -0.05) is 0 Å². The van der Waals surface area contributed by atoms with Crippen LogP contribution >= 0.6 is 0 Å². The van der Waals surface area contributed by atoms with E-state index in [1.54, 1.807) is 29.2 Å². The largest absolute Gasteiger partial charge is 0.474 e. The third-order valence-electron chi connectivity index (χ3n) is 7.29. The predicted octanol–water partition coefficient (Wildman–Crippen LogP) is 4.82. The normalized spacial score (nSPS) is 20.7. The molecule has 4 heterocycles. The molecule has 1 aliphatic heterocycles. The molecule has 196 valence electrons. The number of nitrogens with zero attached hydrogens (tertiary/aromatic N) is 4. The molecular weight excluding hydrogens is 495 g/mol. The summed E-state index contributed by atoms with van der Waals surface area (Å²) >= 11 is 0. The molecule has 3 atom stereocenters. The Hall–Kier alpha value is -3.92. The zero-order chi connectivity index (χ0) is 26.8. The summed E-state index contributed by atoms with van der Waals surface area (Å²) in [5, 5.41) is 0. The number of nitrogens with two attached hydrogens (primary N) is 1. The minimum Gasteiger partial charge on any atom is -0.474 e. The van der Waals surface area contributed by atoms with Crippen molar-refractivity contribution >= 4 is 11.6 Å². The van der Waals surface area contributed by atoms with E-state index in [1.165, 1.54) is 28.9 Å². The van der Waals surface area contributed by atoms with Gasteiger partial charge in [0.2, 0.25) is 5.88 Å². The van der Waals surface area contributed by atoms with Crippen LogP contribution in [0.25, 0.3) is 16.9 Å². The highest BCUT2D eigenvalue weighted by Crippen LogP contribution is 2.48. The Labute approximate surface area is 217 Å². The monoisotopic (exact) mass is 521 g/mol. The lowest BCUT2D eigenvalue weighted by molar-refractivity contribution is 0.0751. The van der Waals surface area contributed by atoms with Crippen molar-refractivity contribution in [1.29, 1.82) is 0 Å². The topological polar surface area (TPSA) is 85.8 Å².